The molecule has 29 heavy (non-hydrogen) atoms. The molecule has 3 aromatic rings. The molecule has 1 saturated heterocycles. The number of benzene rings is 1. The second-order valence-electron chi connectivity index (χ2n) is 6.92. The third-order valence-corrected chi connectivity index (χ3v) is 6.11. The number of anilines is 2. The molecule has 4 rings (SSSR count). The minimum atomic E-state index is -0.206. The maximum Gasteiger partial charge on any atom is 0.272 e. The maximum absolute atomic E-state index is 12.7. The van der Waals surface area contributed by atoms with Crippen LogP contribution in [0.1, 0.15) is 23.8 Å². The third-order valence-electron chi connectivity index (χ3n) is 4.88. The van der Waals surface area contributed by atoms with Crippen LogP contribution in [-0.2, 0) is 0 Å². The van der Waals surface area contributed by atoms with E-state index < -0.39 is 0 Å². The number of aromatic nitrogens is 3. The molecular weight excluding hydrogens is 408 g/mol. The number of hydrogen-bond donors (Lipinski definition) is 1. The Morgan fingerprint density at radius 1 is 1.10 bits per heavy atom. The van der Waals surface area contributed by atoms with Crippen molar-refractivity contribution < 1.29 is 4.79 Å². The molecule has 0 bridgehead atoms. The van der Waals surface area contributed by atoms with E-state index in [2.05, 4.69) is 32.2 Å². The van der Waals surface area contributed by atoms with Gasteiger partial charge in [0, 0.05) is 43.1 Å². The van der Waals surface area contributed by atoms with Crippen molar-refractivity contribution in [2.75, 3.05) is 42.9 Å². The highest BCUT2D eigenvalue weighted by molar-refractivity contribution is 7.17. The molecule has 9 heteroatoms. The average Bonchev–Trinajstić information content (AvgIpc) is 3.40. The molecule has 0 atom stereocenters. The summed E-state index contributed by atoms with van der Waals surface area (Å²) in [6, 6.07) is 10.6. The van der Waals surface area contributed by atoms with Crippen LogP contribution in [0.15, 0.2) is 42.6 Å². The van der Waals surface area contributed by atoms with Gasteiger partial charge < -0.3 is 10.2 Å². The topological polar surface area (TPSA) is 66.3 Å². The molecule has 1 aromatic carbocycles. The van der Waals surface area contributed by atoms with Gasteiger partial charge in [-0.15, -0.1) is 10.2 Å². The van der Waals surface area contributed by atoms with Gasteiger partial charge >= 0.3 is 0 Å². The monoisotopic (exact) mass is 430 g/mol. The number of piperazine rings is 1. The Bertz CT molecular complexity index is 962. The predicted octanol–water partition coefficient (Wildman–Crippen LogP) is 3.77. The van der Waals surface area contributed by atoms with E-state index in [1.807, 2.05) is 12.3 Å². The van der Waals surface area contributed by atoms with E-state index in [0.29, 0.717) is 21.5 Å². The fourth-order valence-electron chi connectivity index (χ4n) is 3.37. The van der Waals surface area contributed by atoms with E-state index >= 15 is 0 Å². The molecule has 7 nitrogen and oxygen atoms in total. The van der Waals surface area contributed by atoms with Crippen LogP contribution in [0, 0.1) is 0 Å². The van der Waals surface area contributed by atoms with E-state index in [1.54, 1.807) is 34.9 Å². The molecule has 0 saturated carbocycles. The second-order valence-corrected chi connectivity index (χ2v) is 8.29. The lowest BCUT2D eigenvalue weighted by Gasteiger charge is -2.33. The van der Waals surface area contributed by atoms with Crippen molar-refractivity contribution in [3.8, 4) is 5.13 Å². The molecule has 0 radical (unpaired) electrons. The van der Waals surface area contributed by atoms with E-state index in [4.69, 9.17) is 11.6 Å². The highest BCUT2D eigenvalue weighted by Gasteiger charge is 2.21. The first kappa shape index (κ1) is 19.9. The van der Waals surface area contributed by atoms with Crippen LogP contribution in [-0.4, -0.2) is 58.3 Å². The van der Waals surface area contributed by atoms with Gasteiger partial charge in [-0.25, -0.2) is 0 Å². The van der Waals surface area contributed by atoms with Gasteiger partial charge in [0.25, 0.3) is 5.91 Å². The number of amides is 1. The lowest BCUT2D eigenvalue weighted by atomic mass is 10.3. The number of nitrogens with one attached hydrogen (secondary N) is 1. The minimum Gasteiger partial charge on any atom is -0.344 e. The Labute approximate surface area is 178 Å². The van der Waals surface area contributed by atoms with Gasteiger partial charge in [-0.3, -0.25) is 14.3 Å². The van der Waals surface area contributed by atoms with Crippen molar-refractivity contribution in [3.05, 3.63) is 53.3 Å². The molecule has 1 amide bonds. The molecule has 1 aliphatic heterocycles. The summed E-state index contributed by atoms with van der Waals surface area (Å²) in [7, 11) is 0. The standard InChI is InChI=1S/C20H23ClN6OS/c1-2-9-25-11-13-26(14-12-25)19-23-24-20(29-19)27-10-3-4-17(27)18(28)22-16-7-5-15(21)6-8-16/h3-8,10H,2,9,11-14H2,1H3,(H,22,28). The molecule has 1 N–H and O–H groups in total. The fraction of sp³-hybridized carbons (Fsp3) is 0.350. The molecule has 1 fully saturated rings. The van der Waals surface area contributed by atoms with Gasteiger partial charge in [0.2, 0.25) is 10.3 Å². The summed E-state index contributed by atoms with van der Waals surface area (Å²) in [5.74, 6) is -0.206. The van der Waals surface area contributed by atoms with Gasteiger partial charge in [-0.1, -0.05) is 29.9 Å². The summed E-state index contributed by atoms with van der Waals surface area (Å²) < 4.78 is 1.78. The summed E-state index contributed by atoms with van der Waals surface area (Å²) in [4.78, 5) is 17.5. The maximum atomic E-state index is 12.7. The van der Waals surface area contributed by atoms with E-state index in [0.717, 1.165) is 37.9 Å². The number of carbonyl (C=O) groups excluding carboxylic acids is 1. The largest absolute Gasteiger partial charge is 0.344 e. The van der Waals surface area contributed by atoms with Crippen LogP contribution in [0.4, 0.5) is 10.8 Å². The van der Waals surface area contributed by atoms with Crippen LogP contribution in [0.5, 0.6) is 0 Å². The average molecular weight is 431 g/mol. The van der Waals surface area contributed by atoms with Crippen LogP contribution >= 0.6 is 22.9 Å². The Hall–Kier alpha value is -2.42. The van der Waals surface area contributed by atoms with Gasteiger partial charge in [-0.2, -0.15) is 0 Å². The number of nitrogens with zero attached hydrogens (tertiary/aromatic N) is 5. The molecular formula is C20H23ClN6OS. The summed E-state index contributed by atoms with van der Waals surface area (Å²) in [5.41, 5.74) is 1.20. The SMILES string of the molecule is CCCN1CCN(c2nnc(-n3cccc3C(=O)Nc3ccc(Cl)cc3)s2)CC1. The summed E-state index contributed by atoms with van der Waals surface area (Å²) in [6.07, 6.45) is 3.01. The quantitative estimate of drug-likeness (QED) is 0.644. The minimum absolute atomic E-state index is 0.206. The predicted molar refractivity (Wildman–Crippen MR) is 118 cm³/mol. The fourth-order valence-corrected chi connectivity index (χ4v) is 4.40. The van der Waals surface area contributed by atoms with Crippen LogP contribution in [0.3, 0.4) is 0 Å². The molecule has 3 heterocycles. The number of carbonyl (C=O) groups is 1. The van der Waals surface area contributed by atoms with Crippen molar-refractivity contribution in [3.63, 3.8) is 0 Å². The Kier molecular flexibility index (Phi) is 6.13. The lowest BCUT2D eigenvalue weighted by molar-refractivity contribution is 0.102. The van der Waals surface area contributed by atoms with Gasteiger partial charge in [0.1, 0.15) is 5.69 Å². The zero-order chi connectivity index (χ0) is 20.2. The van der Waals surface area contributed by atoms with Crippen LogP contribution in [0.25, 0.3) is 5.13 Å². The number of rotatable bonds is 6. The van der Waals surface area contributed by atoms with Gasteiger partial charge in [0.05, 0.1) is 0 Å². The van der Waals surface area contributed by atoms with Crippen molar-refractivity contribution in [2.45, 2.75) is 13.3 Å². The molecule has 0 unspecified atom stereocenters. The van der Waals surface area contributed by atoms with Gasteiger partial charge in [0.15, 0.2) is 0 Å². The Morgan fingerprint density at radius 3 is 2.55 bits per heavy atom. The van der Waals surface area contributed by atoms with Crippen molar-refractivity contribution in [1.29, 1.82) is 0 Å². The van der Waals surface area contributed by atoms with E-state index in [9.17, 15) is 4.79 Å². The van der Waals surface area contributed by atoms with Crippen molar-refractivity contribution >= 4 is 39.7 Å². The summed E-state index contributed by atoms with van der Waals surface area (Å²) in [5, 5.41) is 13.8. The summed E-state index contributed by atoms with van der Waals surface area (Å²) >= 11 is 7.41. The highest BCUT2D eigenvalue weighted by atomic mass is 35.5. The molecule has 1 aliphatic rings. The Balaban J connectivity index is 1.46. The van der Waals surface area contributed by atoms with Crippen molar-refractivity contribution in [1.82, 2.24) is 19.7 Å². The Morgan fingerprint density at radius 2 is 1.83 bits per heavy atom. The lowest BCUT2D eigenvalue weighted by Crippen LogP contribution is -2.46. The van der Waals surface area contributed by atoms with E-state index in [-0.39, 0.29) is 5.91 Å². The first-order valence-corrected chi connectivity index (χ1v) is 10.9. The molecule has 0 aliphatic carbocycles. The molecule has 2 aromatic heterocycles. The summed E-state index contributed by atoms with van der Waals surface area (Å²) in [6.45, 7) is 7.34. The number of halogens is 1. The first-order chi connectivity index (χ1) is 14.1. The number of hydrogen-bond acceptors (Lipinski definition) is 6. The zero-order valence-electron chi connectivity index (χ0n) is 16.2. The normalized spacial score (nSPS) is 14.9. The molecule has 0 spiro atoms. The smallest absolute Gasteiger partial charge is 0.272 e. The molecule has 152 valence electrons. The zero-order valence-corrected chi connectivity index (χ0v) is 17.8. The van der Waals surface area contributed by atoms with Crippen LogP contribution in [0.2, 0.25) is 5.02 Å². The van der Waals surface area contributed by atoms with Crippen LogP contribution < -0.4 is 10.2 Å². The first-order valence-electron chi connectivity index (χ1n) is 9.69. The van der Waals surface area contributed by atoms with E-state index in [1.165, 1.54) is 17.8 Å². The third kappa shape index (κ3) is 4.60. The second kappa shape index (κ2) is 8.94. The van der Waals surface area contributed by atoms with Crippen molar-refractivity contribution in [2.24, 2.45) is 0 Å². The van der Waals surface area contributed by atoms with Gasteiger partial charge in [-0.05, 0) is 49.4 Å². The highest BCUT2D eigenvalue weighted by Crippen LogP contribution is 2.26.